The zero-order valence-electron chi connectivity index (χ0n) is 8.86. The molecule has 1 aromatic heterocycles. The van der Waals surface area contributed by atoms with Crippen LogP contribution in [0.3, 0.4) is 0 Å². The van der Waals surface area contributed by atoms with Gasteiger partial charge in [0, 0.05) is 29.7 Å². The number of hydrogen-bond donors (Lipinski definition) is 1. The van der Waals surface area contributed by atoms with Crippen molar-refractivity contribution in [1.82, 2.24) is 4.57 Å². The molecule has 17 heavy (non-hydrogen) atoms. The molecule has 1 N–H and O–H groups in total. The molecular weight excluding hydrogens is 233 g/mol. The van der Waals surface area contributed by atoms with Gasteiger partial charge in [0.2, 0.25) is 0 Å². The molecule has 1 aromatic carbocycles. The number of halogens is 3. The average molecular weight is 242 g/mol. The Morgan fingerprint density at radius 1 is 1.29 bits per heavy atom. The van der Waals surface area contributed by atoms with E-state index in [0.29, 0.717) is 10.9 Å². The van der Waals surface area contributed by atoms with Gasteiger partial charge in [0.15, 0.2) is 5.71 Å². The fraction of sp³-hybridized carbons (Fsp3) is 0.182. The van der Waals surface area contributed by atoms with Crippen LogP contribution in [0.2, 0.25) is 0 Å². The quantitative estimate of drug-likeness (QED) is 0.466. The second-order valence-electron chi connectivity index (χ2n) is 3.62. The highest BCUT2D eigenvalue weighted by molar-refractivity contribution is 6.13. The molecule has 0 bridgehead atoms. The lowest BCUT2D eigenvalue weighted by Gasteiger charge is -2.06. The molecule has 6 heteroatoms. The highest BCUT2D eigenvalue weighted by Crippen LogP contribution is 2.28. The number of aryl methyl sites for hydroxylation is 1. The van der Waals surface area contributed by atoms with Gasteiger partial charge >= 0.3 is 6.18 Å². The minimum Gasteiger partial charge on any atom is -0.410 e. The predicted octanol–water partition coefficient (Wildman–Crippen LogP) is 2.92. The first kappa shape index (κ1) is 11.5. The number of fused-ring (bicyclic) bond motifs is 1. The van der Waals surface area contributed by atoms with Crippen LogP contribution in [0.25, 0.3) is 10.9 Å². The maximum atomic E-state index is 12.6. The molecule has 2 aromatic rings. The highest BCUT2D eigenvalue weighted by atomic mass is 19.4. The Morgan fingerprint density at radius 2 is 1.94 bits per heavy atom. The maximum Gasteiger partial charge on any atom is 0.437 e. The van der Waals surface area contributed by atoms with E-state index in [1.54, 1.807) is 35.9 Å². The molecular formula is C11H9F3N2O. The largest absolute Gasteiger partial charge is 0.437 e. The van der Waals surface area contributed by atoms with Crippen molar-refractivity contribution in [1.29, 1.82) is 0 Å². The average Bonchev–Trinajstić information content (AvgIpc) is 2.56. The Labute approximate surface area is 94.8 Å². The molecule has 0 unspecified atom stereocenters. The lowest BCUT2D eigenvalue weighted by Crippen LogP contribution is -2.23. The lowest BCUT2D eigenvalue weighted by atomic mass is 10.1. The van der Waals surface area contributed by atoms with Gasteiger partial charge in [0.05, 0.1) is 0 Å². The predicted molar refractivity (Wildman–Crippen MR) is 57.3 cm³/mol. The van der Waals surface area contributed by atoms with Crippen molar-refractivity contribution in [3.8, 4) is 0 Å². The third-order valence-corrected chi connectivity index (χ3v) is 2.52. The molecule has 0 amide bonds. The minimum absolute atomic E-state index is 0.127. The zero-order chi connectivity index (χ0) is 12.6. The van der Waals surface area contributed by atoms with E-state index in [2.05, 4.69) is 5.16 Å². The fourth-order valence-electron chi connectivity index (χ4n) is 1.79. The summed E-state index contributed by atoms with van der Waals surface area (Å²) in [5.41, 5.74) is -0.764. The van der Waals surface area contributed by atoms with Crippen molar-refractivity contribution in [2.24, 2.45) is 12.2 Å². The SMILES string of the molecule is Cn1cc(/C(=N\O)C(F)(F)F)c2ccccc21. The van der Waals surface area contributed by atoms with Crippen LogP contribution in [0.1, 0.15) is 5.56 Å². The van der Waals surface area contributed by atoms with E-state index in [-0.39, 0.29) is 5.56 Å². The van der Waals surface area contributed by atoms with E-state index in [0.717, 1.165) is 0 Å². The molecule has 90 valence electrons. The molecule has 0 spiro atoms. The topological polar surface area (TPSA) is 37.5 Å². The molecule has 0 aliphatic carbocycles. The van der Waals surface area contributed by atoms with E-state index in [9.17, 15) is 13.2 Å². The Kier molecular flexibility index (Phi) is 2.57. The molecule has 1 heterocycles. The Balaban J connectivity index is 2.72. The first-order valence-electron chi connectivity index (χ1n) is 4.79. The third-order valence-electron chi connectivity index (χ3n) is 2.52. The number of nitrogens with zero attached hydrogens (tertiary/aromatic N) is 2. The van der Waals surface area contributed by atoms with Crippen LogP contribution in [0.5, 0.6) is 0 Å². The molecule has 0 radical (unpaired) electrons. The lowest BCUT2D eigenvalue weighted by molar-refractivity contribution is -0.0600. The van der Waals surface area contributed by atoms with Crippen molar-refractivity contribution in [3.63, 3.8) is 0 Å². The van der Waals surface area contributed by atoms with E-state index in [1.807, 2.05) is 0 Å². The van der Waals surface area contributed by atoms with Crippen LogP contribution >= 0.6 is 0 Å². The number of hydrogen-bond acceptors (Lipinski definition) is 2. The summed E-state index contributed by atoms with van der Waals surface area (Å²) in [6.07, 6.45) is -3.38. The van der Waals surface area contributed by atoms with Gasteiger partial charge in [0.1, 0.15) is 0 Å². The Hall–Kier alpha value is -1.98. The minimum atomic E-state index is -4.68. The molecule has 0 saturated carbocycles. The summed E-state index contributed by atoms with van der Waals surface area (Å²) in [6.45, 7) is 0. The van der Waals surface area contributed by atoms with E-state index >= 15 is 0 Å². The van der Waals surface area contributed by atoms with Gasteiger partial charge in [-0.1, -0.05) is 23.4 Å². The molecule has 0 fully saturated rings. The highest BCUT2D eigenvalue weighted by Gasteiger charge is 2.39. The normalized spacial score (nSPS) is 13.3. The van der Waals surface area contributed by atoms with Crippen LogP contribution < -0.4 is 0 Å². The van der Waals surface area contributed by atoms with E-state index in [4.69, 9.17) is 5.21 Å². The number of aromatic nitrogens is 1. The summed E-state index contributed by atoms with van der Waals surface area (Å²) in [5.74, 6) is 0. The number of alkyl halides is 3. The number of benzene rings is 1. The van der Waals surface area contributed by atoms with Gasteiger partial charge in [-0.05, 0) is 6.07 Å². The van der Waals surface area contributed by atoms with Crippen molar-refractivity contribution in [3.05, 3.63) is 36.0 Å². The number of rotatable bonds is 1. The fourth-order valence-corrected chi connectivity index (χ4v) is 1.79. The monoisotopic (exact) mass is 242 g/mol. The summed E-state index contributed by atoms with van der Waals surface area (Å²) < 4.78 is 39.5. The van der Waals surface area contributed by atoms with Gasteiger partial charge < -0.3 is 9.77 Å². The summed E-state index contributed by atoms with van der Waals surface area (Å²) in [6, 6.07) is 6.62. The maximum absolute atomic E-state index is 12.6. The van der Waals surface area contributed by atoms with Crippen LogP contribution in [0.4, 0.5) is 13.2 Å². The smallest absolute Gasteiger partial charge is 0.410 e. The van der Waals surface area contributed by atoms with Crippen molar-refractivity contribution < 1.29 is 18.4 Å². The third kappa shape index (κ3) is 1.86. The zero-order valence-corrected chi connectivity index (χ0v) is 8.86. The molecule has 0 atom stereocenters. The van der Waals surface area contributed by atoms with Gasteiger partial charge in [0.25, 0.3) is 0 Å². The summed E-state index contributed by atoms with van der Waals surface area (Å²) >= 11 is 0. The van der Waals surface area contributed by atoms with Crippen LogP contribution in [0.15, 0.2) is 35.6 Å². The van der Waals surface area contributed by atoms with Gasteiger partial charge in [-0.3, -0.25) is 0 Å². The van der Waals surface area contributed by atoms with Gasteiger partial charge in [-0.2, -0.15) is 13.2 Å². The van der Waals surface area contributed by atoms with E-state index in [1.165, 1.54) is 6.20 Å². The van der Waals surface area contributed by atoms with Crippen molar-refractivity contribution in [2.75, 3.05) is 0 Å². The Morgan fingerprint density at radius 3 is 2.53 bits per heavy atom. The first-order valence-corrected chi connectivity index (χ1v) is 4.79. The molecule has 2 rings (SSSR count). The van der Waals surface area contributed by atoms with Crippen LogP contribution in [-0.2, 0) is 7.05 Å². The number of para-hydroxylation sites is 1. The van der Waals surface area contributed by atoms with E-state index < -0.39 is 11.9 Å². The summed E-state index contributed by atoms with van der Waals surface area (Å²) in [5, 5.41) is 11.3. The standard InChI is InChI=1S/C11H9F3N2O/c1-16-6-8(10(15-17)11(12,13)14)7-4-2-3-5-9(7)16/h2-6,17H,1H3/b15-10+. The molecule has 0 aliphatic rings. The Bertz CT molecular complexity index is 584. The molecule has 0 saturated heterocycles. The second-order valence-corrected chi connectivity index (χ2v) is 3.62. The van der Waals surface area contributed by atoms with Crippen molar-refractivity contribution in [2.45, 2.75) is 6.18 Å². The van der Waals surface area contributed by atoms with Crippen LogP contribution in [0, 0.1) is 0 Å². The second kappa shape index (κ2) is 3.80. The van der Waals surface area contributed by atoms with Crippen LogP contribution in [-0.4, -0.2) is 21.7 Å². The summed E-state index contributed by atoms with van der Waals surface area (Å²) in [7, 11) is 1.64. The van der Waals surface area contributed by atoms with Crippen molar-refractivity contribution >= 4 is 16.6 Å². The number of oxime groups is 1. The molecule has 3 nitrogen and oxygen atoms in total. The summed E-state index contributed by atoms with van der Waals surface area (Å²) in [4.78, 5) is 0. The first-order chi connectivity index (χ1) is 7.95. The van der Waals surface area contributed by atoms with Gasteiger partial charge in [-0.15, -0.1) is 0 Å². The van der Waals surface area contributed by atoms with Gasteiger partial charge in [-0.25, -0.2) is 0 Å². The molecule has 0 aliphatic heterocycles.